The van der Waals surface area contributed by atoms with E-state index in [2.05, 4.69) is 23.9 Å². The second kappa shape index (κ2) is 7.62. The summed E-state index contributed by atoms with van der Waals surface area (Å²) >= 11 is 0. The third kappa shape index (κ3) is 8.67. The molecule has 6 heteroatoms. The fourth-order valence-corrected chi connectivity index (χ4v) is 2.11. The van der Waals surface area contributed by atoms with Crippen LogP contribution in [0.15, 0.2) is 0 Å². The number of hydrogen-bond donors (Lipinski definition) is 2. The molecule has 0 fully saturated rings. The summed E-state index contributed by atoms with van der Waals surface area (Å²) in [5, 5.41) is 2.66. The Balaban J connectivity index is 3.73. The molecule has 1 amide bonds. The molecule has 16 heavy (non-hydrogen) atoms. The lowest BCUT2D eigenvalue weighted by Crippen LogP contribution is -2.38. The van der Waals surface area contributed by atoms with Crippen molar-refractivity contribution in [3.05, 3.63) is 0 Å². The number of sulfonamides is 1. The van der Waals surface area contributed by atoms with Crippen molar-refractivity contribution >= 4 is 15.9 Å². The van der Waals surface area contributed by atoms with Gasteiger partial charge in [-0.1, -0.05) is 20.8 Å². The van der Waals surface area contributed by atoms with E-state index in [0.29, 0.717) is 18.9 Å². The Kier molecular flexibility index (Phi) is 7.33. The van der Waals surface area contributed by atoms with Gasteiger partial charge in [-0.2, -0.15) is 0 Å². The predicted octanol–water partition coefficient (Wildman–Crippen LogP) is 0.478. The van der Waals surface area contributed by atoms with Gasteiger partial charge in [0.15, 0.2) is 0 Å². The molecule has 5 nitrogen and oxygen atoms in total. The van der Waals surface area contributed by atoms with E-state index in [4.69, 9.17) is 0 Å². The molecule has 0 saturated carbocycles. The quantitative estimate of drug-likeness (QED) is 0.658. The fraction of sp³-hybridized carbons (Fsp3) is 0.900. The van der Waals surface area contributed by atoms with Crippen LogP contribution in [0.1, 0.15) is 33.6 Å². The lowest BCUT2D eigenvalue weighted by molar-refractivity contribution is -0.119. The maximum absolute atomic E-state index is 11.2. The van der Waals surface area contributed by atoms with Crippen molar-refractivity contribution in [2.75, 3.05) is 18.8 Å². The van der Waals surface area contributed by atoms with E-state index in [1.165, 1.54) is 0 Å². The first-order valence-corrected chi connectivity index (χ1v) is 7.26. The Morgan fingerprint density at radius 1 is 1.31 bits per heavy atom. The van der Waals surface area contributed by atoms with Crippen LogP contribution in [0.5, 0.6) is 0 Å². The molecule has 96 valence electrons. The van der Waals surface area contributed by atoms with E-state index in [1.54, 1.807) is 6.92 Å². The zero-order valence-electron chi connectivity index (χ0n) is 10.2. The first-order chi connectivity index (χ1) is 7.37. The highest BCUT2D eigenvalue weighted by molar-refractivity contribution is 7.89. The minimum Gasteiger partial charge on any atom is -0.355 e. The Morgan fingerprint density at radius 3 is 2.44 bits per heavy atom. The summed E-state index contributed by atoms with van der Waals surface area (Å²) in [6, 6.07) is 0. The summed E-state index contributed by atoms with van der Waals surface area (Å²) in [4.78, 5) is 11.2. The number of carbonyl (C=O) groups is 1. The average Bonchev–Trinajstić information content (AvgIpc) is 2.14. The van der Waals surface area contributed by atoms with Crippen LogP contribution in [-0.2, 0) is 14.8 Å². The summed E-state index contributed by atoms with van der Waals surface area (Å²) < 4.78 is 24.7. The number of nitrogens with one attached hydrogen (secondary N) is 2. The summed E-state index contributed by atoms with van der Waals surface area (Å²) in [7, 11) is -3.28. The highest BCUT2D eigenvalue weighted by Gasteiger charge is 2.10. The van der Waals surface area contributed by atoms with Gasteiger partial charge in [0.2, 0.25) is 15.9 Å². The van der Waals surface area contributed by atoms with Crippen molar-refractivity contribution in [1.82, 2.24) is 10.0 Å². The molecule has 0 atom stereocenters. The third-order valence-corrected chi connectivity index (χ3v) is 3.50. The third-order valence-electron chi connectivity index (χ3n) is 1.97. The van der Waals surface area contributed by atoms with E-state index in [-0.39, 0.29) is 18.2 Å². The maximum atomic E-state index is 11.2. The van der Waals surface area contributed by atoms with Crippen molar-refractivity contribution in [2.24, 2.45) is 5.92 Å². The van der Waals surface area contributed by atoms with Crippen LogP contribution in [0.4, 0.5) is 0 Å². The van der Waals surface area contributed by atoms with Crippen molar-refractivity contribution < 1.29 is 13.2 Å². The molecular formula is C10H22N2O3S. The van der Waals surface area contributed by atoms with Gasteiger partial charge in [-0.3, -0.25) is 4.79 Å². The van der Waals surface area contributed by atoms with Gasteiger partial charge < -0.3 is 5.32 Å². The maximum Gasteiger partial charge on any atom is 0.235 e. The largest absolute Gasteiger partial charge is 0.355 e. The Hall–Kier alpha value is -0.620. The van der Waals surface area contributed by atoms with Crippen molar-refractivity contribution in [3.8, 4) is 0 Å². The molecule has 0 aliphatic heterocycles. The van der Waals surface area contributed by atoms with Crippen LogP contribution in [0.3, 0.4) is 0 Å². The van der Waals surface area contributed by atoms with Gasteiger partial charge in [-0.25, -0.2) is 13.1 Å². The molecule has 0 saturated heterocycles. The molecule has 0 aromatic carbocycles. The Labute approximate surface area is 98.0 Å². The minimum atomic E-state index is -3.28. The standard InChI is InChI=1S/C10H22N2O3S/c1-4-7-16(14,15)12-8-10(13)11-6-5-9(2)3/h9,12H,4-8H2,1-3H3,(H,11,13). The molecule has 2 N–H and O–H groups in total. The monoisotopic (exact) mass is 250 g/mol. The smallest absolute Gasteiger partial charge is 0.235 e. The van der Waals surface area contributed by atoms with Crippen molar-refractivity contribution in [3.63, 3.8) is 0 Å². The lowest BCUT2D eigenvalue weighted by Gasteiger charge is -2.08. The van der Waals surface area contributed by atoms with Gasteiger partial charge in [0.1, 0.15) is 0 Å². The second-order valence-electron chi connectivity index (χ2n) is 4.17. The van der Waals surface area contributed by atoms with Crippen LogP contribution in [0, 0.1) is 5.92 Å². The van der Waals surface area contributed by atoms with Gasteiger partial charge in [-0.15, -0.1) is 0 Å². The SMILES string of the molecule is CCCS(=O)(=O)NCC(=O)NCCC(C)C. The normalized spacial score (nSPS) is 11.8. The van der Waals surface area contributed by atoms with Crippen molar-refractivity contribution in [2.45, 2.75) is 33.6 Å². The predicted molar refractivity (Wildman–Crippen MR) is 64.5 cm³/mol. The van der Waals surface area contributed by atoms with Crippen LogP contribution in [-0.4, -0.2) is 33.2 Å². The van der Waals surface area contributed by atoms with E-state index in [0.717, 1.165) is 6.42 Å². The fourth-order valence-electron chi connectivity index (χ4n) is 1.08. The van der Waals surface area contributed by atoms with Gasteiger partial charge in [0.05, 0.1) is 12.3 Å². The summed E-state index contributed by atoms with van der Waals surface area (Å²) in [5.41, 5.74) is 0. The van der Waals surface area contributed by atoms with Crippen LogP contribution < -0.4 is 10.0 Å². The summed E-state index contributed by atoms with van der Waals surface area (Å²) in [6.07, 6.45) is 1.44. The molecule has 0 heterocycles. The van der Waals surface area contributed by atoms with Gasteiger partial charge in [-0.05, 0) is 18.8 Å². The topological polar surface area (TPSA) is 75.3 Å². The molecule has 0 aromatic rings. The number of carbonyl (C=O) groups excluding carboxylic acids is 1. The highest BCUT2D eigenvalue weighted by atomic mass is 32.2. The lowest BCUT2D eigenvalue weighted by atomic mass is 10.1. The van der Waals surface area contributed by atoms with Gasteiger partial charge >= 0.3 is 0 Å². The molecule has 0 aliphatic carbocycles. The zero-order valence-corrected chi connectivity index (χ0v) is 11.1. The molecule has 0 unspecified atom stereocenters. The summed E-state index contributed by atoms with van der Waals surface area (Å²) in [6.45, 7) is 6.33. The van der Waals surface area contributed by atoms with Crippen LogP contribution in [0.25, 0.3) is 0 Å². The van der Waals surface area contributed by atoms with E-state index >= 15 is 0 Å². The average molecular weight is 250 g/mol. The molecule has 0 aromatic heterocycles. The molecule has 0 rings (SSSR count). The second-order valence-corrected chi connectivity index (χ2v) is 6.10. The minimum absolute atomic E-state index is 0.0618. The molecular weight excluding hydrogens is 228 g/mol. The summed E-state index contributed by atoms with van der Waals surface area (Å²) in [5.74, 6) is 0.309. The zero-order chi connectivity index (χ0) is 12.6. The molecule has 0 bridgehead atoms. The first-order valence-electron chi connectivity index (χ1n) is 5.61. The van der Waals surface area contributed by atoms with E-state index < -0.39 is 10.0 Å². The number of hydrogen-bond acceptors (Lipinski definition) is 3. The van der Waals surface area contributed by atoms with E-state index in [9.17, 15) is 13.2 Å². The Morgan fingerprint density at radius 2 is 1.94 bits per heavy atom. The Bertz CT molecular complexity index is 299. The number of rotatable bonds is 8. The van der Waals surface area contributed by atoms with E-state index in [1.807, 2.05) is 0 Å². The molecule has 0 aliphatic rings. The highest BCUT2D eigenvalue weighted by Crippen LogP contribution is 1.95. The van der Waals surface area contributed by atoms with Gasteiger partial charge in [0, 0.05) is 6.54 Å². The molecule has 0 spiro atoms. The first kappa shape index (κ1) is 15.4. The number of amides is 1. The molecule has 0 radical (unpaired) electrons. The van der Waals surface area contributed by atoms with Gasteiger partial charge in [0.25, 0.3) is 0 Å². The van der Waals surface area contributed by atoms with Crippen molar-refractivity contribution in [1.29, 1.82) is 0 Å². The van der Waals surface area contributed by atoms with Crippen LogP contribution in [0.2, 0.25) is 0 Å². The van der Waals surface area contributed by atoms with Crippen LogP contribution >= 0.6 is 0 Å².